The van der Waals surface area contributed by atoms with Gasteiger partial charge in [-0.1, -0.05) is 0 Å². The summed E-state index contributed by atoms with van der Waals surface area (Å²) in [7, 11) is 0. The van der Waals surface area contributed by atoms with Crippen molar-refractivity contribution in [1.29, 1.82) is 0 Å². The summed E-state index contributed by atoms with van der Waals surface area (Å²) in [4.78, 5) is 0.0325. The molecule has 0 fully saturated rings. The second kappa shape index (κ2) is 4.07. The average molecular weight is 318 g/mol. The molecule has 0 aliphatic carbocycles. The van der Waals surface area contributed by atoms with Gasteiger partial charge in [0.1, 0.15) is 5.82 Å². The fourth-order valence-electron chi connectivity index (χ4n) is 0.737. The molecule has 0 aliphatic rings. The number of rotatable bonds is 1. The average Bonchev–Trinajstić information content (AvgIpc) is 2.01. The molecular formula is C7H4Br2F2S. The van der Waals surface area contributed by atoms with Crippen LogP contribution >= 0.6 is 43.6 Å². The van der Waals surface area contributed by atoms with Gasteiger partial charge in [-0.15, -0.1) is 11.8 Å². The van der Waals surface area contributed by atoms with Crippen LogP contribution in [0.1, 0.15) is 0 Å². The molecule has 0 radical (unpaired) electrons. The number of hydrogen-bond donors (Lipinski definition) is 0. The Morgan fingerprint density at radius 2 is 1.92 bits per heavy atom. The van der Waals surface area contributed by atoms with Crippen molar-refractivity contribution in [2.75, 3.05) is 6.26 Å². The number of benzene rings is 1. The Morgan fingerprint density at radius 1 is 1.33 bits per heavy atom. The molecule has 0 spiro atoms. The summed E-state index contributed by atoms with van der Waals surface area (Å²) in [6, 6.07) is 1.24. The van der Waals surface area contributed by atoms with E-state index < -0.39 is 11.6 Å². The van der Waals surface area contributed by atoms with E-state index in [4.69, 9.17) is 0 Å². The first-order valence-electron chi connectivity index (χ1n) is 2.95. The van der Waals surface area contributed by atoms with Gasteiger partial charge in [0.2, 0.25) is 0 Å². The highest BCUT2D eigenvalue weighted by Crippen LogP contribution is 2.34. The van der Waals surface area contributed by atoms with Gasteiger partial charge in [-0.05, 0) is 44.2 Å². The van der Waals surface area contributed by atoms with Gasteiger partial charge in [0.15, 0.2) is 5.82 Å². The van der Waals surface area contributed by atoms with E-state index in [1.165, 1.54) is 6.07 Å². The lowest BCUT2D eigenvalue weighted by molar-refractivity contribution is 0.535. The molecule has 0 saturated carbocycles. The third-order valence-corrected chi connectivity index (χ3v) is 3.99. The summed E-state index contributed by atoms with van der Waals surface area (Å²) in [5, 5.41) is 0. The summed E-state index contributed by atoms with van der Waals surface area (Å²) < 4.78 is 26.8. The Hall–Kier alpha value is 0.390. The zero-order chi connectivity index (χ0) is 9.30. The summed E-state index contributed by atoms with van der Waals surface area (Å²) >= 11 is 7.07. The number of hydrogen-bond acceptors (Lipinski definition) is 1. The van der Waals surface area contributed by atoms with E-state index in [1.807, 2.05) is 0 Å². The summed E-state index contributed by atoms with van der Waals surface area (Å²) in [6.07, 6.45) is 1.63. The first kappa shape index (κ1) is 10.5. The smallest absolute Gasteiger partial charge is 0.155 e. The number of halogens is 4. The molecule has 1 rings (SSSR count). The van der Waals surface area contributed by atoms with Crippen molar-refractivity contribution < 1.29 is 8.78 Å². The van der Waals surface area contributed by atoms with Crippen molar-refractivity contribution in [2.45, 2.75) is 4.90 Å². The molecule has 1 aromatic carbocycles. The second-order valence-corrected chi connectivity index (χ2v) is 4.47. The molecule has 0 atom stereocenters. The molecule has 0 unspecified atom stereocenters. The molecule has 0 saturated heterocycles. The van der Waals surface area contributed by atoms with Crippen molar-refractivity contribution >= 4 is 43.6 Å². The minimum Gasteiger partial charge on any atom is -0.206 e. The van der Waals surface area contributed by atoms with Gasteiger partial charge in [-0.3, -0.25) is 0 Å². The summed E-state index contributed by atoms with van der Waals surface area (Å²) in [5.41, 5.74) is 0. The van der Waals surface area contributed by atoms with Crippen LogP contribution in [0.2, 0.25) is 0 Å². The standard InChI is InChI=1S/C7H4Br2F2S/c1-12-7-4(10)2-3(8)5(9)6(7)11/h2H,1H3. The molecular weight excluding hydrogens is 314 g/mol. The van der Waals surface area contributed by atoms with Gasteiger partial charge in [0.25, 0.3) is 0 Å². The van der Waals surface area contributed by atoms with Crippen LogP contribution in [0.4, 0.5) is 8.78 Å². The summed E-state index contributed by atoms with van der Waals surface area (Å²) in [5.74, 6) is -1.11. The second-order valence-electron chi connectivity index (χ2n) is 2.00. The Bertz CT molecular complexity index is 315. The molecule has 0 N–H and O–H groups in total. The van der Waals surface area contributed by atoms with Gasteiger partial charge in [-0.25, -0.2) is 8.78 Å². The fourth-order valence-corrected chi connectivity index (χ4v) is 2.09. The molecule has 12 heavy (non-hydrogen) atoms. The maximum absolute atomic E-state index is 13.2. The Morgan fingerprint density at radius 3 is 2.42 bits per heavy atom. The normalized spacial score (nSPS) is 10.4. The van der Waals surface area contributed by atoms with Gasteiger partial charge in [0.05, 0.1) is 9.37 Å². The highest BCUT2D eigenvalue weighted by atomic mass is 79.9. The maximum Gasteiger partial charge on any atom is 0.155 e. The molecule has 0 bridgehead atoms. The minimum atomic E-state index is -0.561. The van der Waals surface area contributed by atoms with Crippen LogP contribution in [-0.4, -0.2) is 6.26 Å². The van der Waals surface area contributed by atoms with E-state index in [0.717, 1.165) is 11.8 Å². The van der Waals surface area contributed by atoms with Crippen molar-refractivity contribution in [1.82, 2.24) is 0 Å². The zero-order valence-electron chi connectivity index (χ0n) is 6.00. The van der Waals surface area contributed by atoms with Crippen molar-refractivity contribution in [3.05, 3.63) is 26.6 Å². The SMILES string of the molecule is CSc1c(F)cc(Br)c(Br)c1F. The Labute approximate surface area is 90.0 Å². The third kappa shape index (κ3) is 1.83. The monoisotopic (exact) mass is 316 g/mol. The van der Waals surface area contributed by atoms with E-state index in [2.05, 4.69) is 31.9 Å². The Balaban J connectivity index is 3.40. The van der Waals surface area contributed by atoms with Crippen LogP contribution in [-0.2, 0) is 0 Å². The minimum absolute atomic E-state index is 0.0325. The van der Waals surface area contributed by atoms with Gasteiger partial charge >= 0.3 is 0 Å². The van der Waals surface area contributed by atoms with E-state index in [9.17, 15) is 8.78 Å². The van der Waals surface area contributed by atoms with E-state index in [-0.39, 0.29) is 9.37 Å². The molecule has 0 nitrogen and oxygen atoms in total. The first-order chi connectivity index (χ1) is 5.57. The van der Waals surface area contributed by atoms with Crippen LogP contribution < -0.4 is 0 Å². The molecule has 0 amide bonds. The fraction of sp³-hybridized carbons (Fsp3) is 0.143. The first-order valence-corrected chi connectivity index (χ1v) is 5.76. The van der Waals surface area contributed by atoms with Crippen molar-refractivity contribution in [3.63, 3.8) is 0 Å². The largest absolute Gasteiger partial charge is 0.206 e. The molecule has 1 aromatic rings. The number of thioether (sulfide) groups is 1. The predicted molar refractivity (Wildman–Crippen MR) is 53.5 cm³/mol. The molecule has 0 aliphatic heterocycles. The van der Waals surface area contributed by atoms with Crippen LogP contribution in [0.3, 0.4) is 0 Å². The molecule has 0 aromatic heterocycles. The lowest BCUT2D eigenvalue weighted by atomic mass is 10.3. The van der Waals surface area contributed by atoms with E-state index >= 15 is 0 Å². The highest BCUT2D eigenvalue weighted by molar-refractivity contribution is 9.13. The topological polar surface area (TPSA) is 0 Å². The molecule has 66 valence electrons. The Kier molecular flexibility index (Phi) is 3.55. The third-order valence-electron chi connectivity index (χ3n) is 1.28. The van der Waals surface area contributed by atoms with Gasteiger partial charge in [0, 0.05) is 4.47 Å². The van der Waals surface area contributed by atoms with Crippen LogP contribution in [0.25, 0.3) is 0 Å². The summed E-state index contributed by atoms with van der Waals surface area (Å²) in [6.45, 7) is 0. The van der Waals surface area contributed by atoms with E-state index in [1.54, 1.807) is 6.26 Å². The van der Waals surface area contributed by atoms with Crippen LogP contribution in [0, 0.1) is 11.6 Å². The van der Waals surface area contributed by atoms with Crippen molar-refractivity contribution in [3.8, 4) is 0 Å². The lowest BCUT2D eigenvalue weighted by Gasteiger charge is -2.04. The van der Waals surface area contributed by atoms with Crippen LogP contribution in [0.5, 0.6) is 0 Å². The zero-order valence-corrected chi connectivity index (χ0v) is 9.99. The highest BCUT2D eigenvalue weighted by Gasteiger charge is 2.14. The lowest BCUT2D eigenvalue weighted by Crippen LogP contribution is -1.89. The maximum atomic E-state index is 13.2. The predicted octanol–water partition coefficient (Wildman–Crippen LogP) is 4.21. The van der Waals surface area contributed by atoms with E-state index in [0.29, 0.717) is 4.47 Å². The quantitative estimate of drug-likeness (QED) is 0.425. The van der Waals surface area contributed by atoms with Crippen molar-refractivity contribution in [2.24, 2.45) is 0 Å². The van der Waals surface area contributed by atoms with Crippen LogP contribution in [0.15, 0.2) is 19.9 Å². The molecule has 5 heteroatoms. The molecule has 0 heterocycles. The van der Waals surface area contributed by atoms with Gasteiger partial charge < -0.3 is 0 Å². The van der Waals surface area contributed by atoms with Gasteiger partial charge in [-0.2, -0.15) is 0 Å².